The maximum Gasteiger partial charge on any atom is 0.415 e. The molecular weight excluding hydrogens is 526 g/mol. The highest BCUT2D eigenvalue weighted by Gasteiger charge is 2.57. The van der Waals surface area contributed by atoms with Gasteiger partial charge in [0.05, 0.1) is 33.9 Å². The molecule has 0 spiro atoms. The van der Waals surface area contributed by atoms with E-state index in [2.05, 4.69) is 36.2 Å². The van der Waals surface area contributed by atoms with Gasteiger partial charge < -0.3 is 20.5 Å². The quantitative estimate of drug-likeness (QED) is 0.252. The van der Waals surface area contributed by atoms with Crippen LogP contribution in [0.1, 0.15) is 25.8 Å². The number of fused-ring (bicyclic) bond motifs is 1. The third-order valence-corrected chi connectivity index (χ3v) is 7.03. The molecule has 0 bridgehead atoms. The van der Waals surface area contributed by atoms with Crippen molar-refractivity contribution in [3.05, 3.63) is 42.2 Å². The molecule has 0 radical (unpaired) electrons. The summed E-state index contributed by atoms with van der Waals surface area (Å²) in [4.78, 5) is 21.1. The molecule has 0 amide bonds. The summed E-state index contributed by atoms with van der Waals surface area (Å²) in [6.45, 7) is 2.90. The van der Waals surface area contributed by atoms with Crippen molar-refractivity contribution in [2.24, 2.45) is 10.7 Å². The molecule has 4 heterocycles. The Balaban J connectivity index is 1.70. The minimum absolute atomic E-state index is 0.0256. The standard InChI is InChI=1S/C24H23F4N7O2S/c1-5-8-37-16-11-31-17-15(34-16)6-7-30-19(17)33-13-9-14(18(25)32-10-13)22(2)12-23(3,38-21(29)35-22)20(36-4)24(26,27)28/h1,6-7,9-11,20H,8,12H2,2-4H3,(H2,29,35)(H,30,33)/t20-,22+,23-/m1/s1. The van der Waals surface area contributed by atoms with E-state index in [-0.39, 0.29) is 35.5 Å². The van der Waals surface area contributed by atoms with Crippen LogP contribution in [0.15, 0.2) is 35.7 Å². The molecule has 0 unspecified atom stereocenters. The normalized spacial score (nSPS) is 22.4. The highest BCUT2D eigenvalue weighted by molar-refractivity contribution is 8.15. The second-order valence-corrected chi connectivity index (χ2v) is 10.4. The Hall–Kier alpha value is -3.70. The molecule has 0 aliphatic carbocycles. The first-order chi connectivity index (χ1) is 17.9. The van der Waals surface area contributed by atoms with Crippen LogP contribution < -0.4 is 15.8 Å². The summed E-state index contributed by atoms with van der Waals surface area (Å²) < 4.78 is 64.9. The van der Waals surface area contributed by atoms with E-state index in [1.165, 1.54) is 38.5 Å². The Bertz CT molecular complexity index is 1430. The summed E-state index contributed by atoms with van der Waals surface area (Å²) in [6.07, 6.45) is 2.21. The fourth-order valence-electron chi connectivity index (χ4n) is 4.53. The number of nitrogens with one attached hydrogen (secondary N) is 1. The van der Waals surface area contributed by atoms with Crippen molar-refractivity contribution in [3.63, 3.8) is 0 Å². The predicted octanol–water partition coefficient (Wildman–Crippen LogP) is 4.32. The summed E-state index contributed by atoms with van der Waals surface area (Å²) in [6, 6.07) is 3.03. The molecule has 200 valence electrons. The second-order valence-electron chi connectivity index (χ2n) is 8.89. The van der Waals surface area contributed by atoms with Gasteiger partial charge in [-0.15, -0.1) is 6.42 Å². The van der Waals surface area contributed by atoms with Crippen molar-refractivity contribution < 1.29 is 27.0 Å². The van der Waals surface area contributed by atoms with Gasteiger partial charge in [-0.05, 0) is 32.4 Å². The molecule has 0 saturated heterocycles. The van der Waals surface area contributed by atoms with E-state index < -0.39 is 28.5 Å². The number of aromatic nitrogens is 4. The van der Waals surface area contributed by atoms with Gasteiger partial charge in [0, 0.05) is 18.9 Å². The Morgan fingerprint density at radius 3 is 2.71 bits per heavy atom. The summed E-state index contributed by atoms with van der Waals surface area (Å²) >= 11 is 0.743. The SMILES string of the molecule is C#CCOc1cnc2c(Nc3cnc(F)c([C@]4(C)C[C@](C)([C@@H](OC)C(F)(F)F)SC(N)=N4)c3)nccc2n1. The van der Waals surface area contributed by atoms with Crippen LogP contribution in [0.5, 0.6) is 5.88 Å². The largest absolute Gasteiger partial charge is 0.463 e. The molecule has 38 heavy (non-hydrogen) atoms. The number of hydrogen-bond donors (Lipinski definition) is 2. The van der Waals surface area contributed by atoms with E-state index in [9.17, 15) is 13.2 Å². The number of amidine groups is 1. The van der Waals surface area contributed by atoms with E-state index in [4.69, 9.17) is 21.6 Å². The van der Waals surface area contributed by atoms with Crippen LogP contribution in [-0.4, -0.2) is 55.8 Å². The van der Waals surface area contributed by atoms with Crippen molar-refractivity contribution >= 4 is 39.5 Å². The number of rotatable bonds is 7. The number of methoxy groups -OCH3 is 1. The number of nitrogens with zero attached hydrogens (tertiary/aromatic N) is 5. The van der Waals surface area contributed by atoms with Crippen molar-refractivity contribution in [2.75, 3.05) is 19.0 Å². The van der Waals surface area contributed by atoms with Crippen LogP contribution >= 0.6 is 11.8 Å². The minimum Gasteiger partial charge on any atom is -0.463 e. The molecule has 0 fully saturated rings. The average molecular weight is 550 g/mol. The molecule has 0 saturated carbocycles. The van der Waals surface area contributed by atoms with Gasteiger partial charge in [0.1, 0.15) is 5.52 Å². The van der Waals surface area contributed by atoms with Crippen molar-refractivity contribution in [2.45, 2.75) is 42.8 Å². The number of alkyl halides is 3. The van der Waals surface area contributed by atoms with E-state index in [1.54, 1.807) is 6.07 Å². The summed E-state index contributed by atoms with van der Waals surface area (Å²) in [5.74, 6) is 1.96. The van der Waals surface area contributed by atoms with E-state index in [0.717, 1.165) is 18.9 Å². The first-order valence-corrected chi connectivity index (χ1v) is 11.9. The molecule has 4 rings (SSSR count). The molecule has 9 nitrogen and oxygen atoms in total. The lowest BCUT2D eigenvalue weighted by molar-refractivity contribution is -0.222. The number of pyridine rings is 2. The zero-order chi connectivity index (χ0) is 27.7. The molecular formula is C24H23F4N7O2S. The molecule has 3 N–H and O–H groups in total. The number of halogens is 4. The Labute approximate surface area is 219 Å². The number of anilines is 2. The van der Waals surface area contributed by atoms with Gasteiger partial charge in [0.15, 0.2) is 23.7 Å². The van der Waals surface area contributed by atoms with Crippen LogP contribution in [-0.2, 0) is 10.3 Å². The molecule has 3 aromatic heterocycles. The summed E-state index contributed by atoms with van der Waals surface area (Å²) in [5, 5.41) is 2.89. The maximum absolute atomic E-state index is 15.1. The summed E-state index contributed by atoms with van der Waals surface area (Å²) in [7, 11) is 0.972. The molecule has 1 aliphatic rings. The van der Waals surface area contributed by atoms with E-state index in [0.29, 0.717) is 16.7 Å². The van der Waals surface area contributed by atoms with Crippen molar-refractivity contribution in [1.82, 2.24) is 19.9 Å². The van der Waals surface area contributed by atoms with E-state index in [1.807, 2.05) is 0 Å². The monoisotopic (exact) mass is 549 g/mol. The number of nitrogens with two attached hydrogens (primary N) is 1. The Morgan fingerprint density at radius 1 is 1.26 bits per heavy atom. The van der Waals surface area contributed by atoms with Gasteiger partial charge in [-0.3, -0.25) is 4.99 Å². The number of aliphatic imine (C=N–C) groups is 1. The smallest absolute Gasteiger partial charge is 0.415 e. The second kappa shape index (κ2) is 10.2. The minimum atomic E-state index is -4.68. The average Bonchev–Trinajstić information content (AvgIpc) is 2.82. The summed E-state index contributed by atoms with van der Waals surface area (Å²) in [5.41, 5.74) is 5.57. The first kappa shape index (κ1) is 27.3. The van der Waals surface area contributed by atoms with Crippen LogP contribution in [0, 0.1) is 18.3 Å². The topological polar surface area (TPSA) is 120 Å². The van der Waals surface area contributed by atoms with Crippen LogP contribution in [0.4, 0.5) is 29.1 Å². The highest BCUT2D eigenvalue weighted by atomic mass is 32.2. The molecule has 1 aliphatic heterocycles. The van der Waals surface area contributed by atoms with Gasteiger partial charge in [0.25, 0.3) is 0 Å². The van der Waals surface area contributed by atoms with Crippen molar-refractivity contribution in [3.8, 4) is 18.2 Å². The van der Waals surface area contributed by atoms with Crippen LogP contribution in [0.3, 0.4) is 0 Å². The third-order valence-electron chi connectivity index (χ3n) is 5.90. The Kier molecular flexibility index (Phi) is 7.35. The molecule has 0 aromatic carbocycles. The lowest BCUT2D eigenvalue weighted by Crippen LogP contribution is -2.54. The van der Waals surface area contributed by atoms with Gasteiger partial charge in [-0.25, -0.2) is 19.9 Å². The van der Waals surface area contributed by atoms with Crippen LogP contribution in [0.2, 0.25) is 0 Å². The number of thioether (sulfide) groups is 1. The first-order valence-electron chi connectivity index (χ1n) is 11.1. The van der Waals surface area contributed by atoms with Crippen LogP contribution in [0.25, 0.3) is 11.0 Å². The number of ether oxygens (including phenoxy) is 2. The third kappa shape index (κ3) is 5.44. The molecule has 3 atom stereocenters. The number of terminal acetylenes is 1. The van der Waals surface area contributed by atoms with Gasteiger partial charge in [0.2, 0.25) is 11.8 Å². The molecule has 14 heteroatoms. The predicted molar refractivity (Wildman–Crippen MR) is 136 cm³/mol. The van der Waals surface area contributed by atoms with Crippen molar-refractivity contribution in [1.29, 1.82) is 0 Å². The van der Waals surface area contributed by atoms with E-state index >= 15 is 4.39 Å². The fourth-order valence-corrected chi connectivity index (χ4v) is 5.95. The zero-order valence-corrected chi connectivity index (χ0v) is 21.3. The fraction of sp³-hybridized carbons (Fsp3) is 0.375. The maximum atomic E-state index is 15.1. The zero-order valence-electron chi connectivity index (χ0n) is 20.5. The van der Waals surface area contributed by atoms with Gasteiger partial charge in [-0.2, -0.15) is 17.6 Å². The van der Waals surface area contributed by atoms with Gasteiger partial charge in [-0.1, -0.05) is 17.7 Å². The lowest BCUT2D eigenvalue weighted by Gasteiger charge is -2.44. The lowest BCUT2D eigenvalue weighted by atomic mass is 9.81. The highest BCUT2D eigenvalue weighted by Crippen LogP contribution is 2.51. The van der Waals surface area contributed by atoms with Gasteiger partial charge >= 0.3 is 6.18 Å². The number of hydrogen-bond acceptors (Lipinski definition) is 10. The molecule has 3 aromatic rings. The Morgan fingerprint density at radius 2 is 2.03 bits per heavy atom.